The minimum Gasteiger partial charge on any atom is -0.383 e. The van der Waals surface area contributed by atoms with Crippen LogP contribution in [-0.4, -0.2) is 43.6 Å². The lowest BCUT2D eigenvalue weighted by Gasteiger charge is -2.27. The fourth-order valence-electron chi connectivity index (χ4n) is 1.55. The summed E-state index contributed by atoms with van der Waals surface area (Å²) in [6.07, 6.45) is 2.35. The summed E-state index contributed by atoms with van der Waals surface area (Å²) >= 11 is 5.72. The molecule has 0 aliphatic carbocycles. The molecule has 0 aromatic heterocycles. The molecular formula is C12H26ClNO. The number of methoxy groups -OCH3 is 1. The molecule has 0 radical (unpaired) electrons. The molecule has 0 aromatic carbocycles. The Morgan fingerprint density at radius 3 is 2.27 bits per heavy atom. The van der Waals surface area contributed by atoms with Crippen LogP contribution in [0.5, 0.6) is 0 Å². The SMILES string of the molecule is COCCN(CCC(C)CCCl)C(C)C. The van der Waals surface area contributed by atoms with Crippen molar-refractivity contribution < 1.29 is 4.74 Å². The van der Waals surface area contributed by atoms with E-state index in [1.807, 2.05) is 0 Å². The van der Waals surface area contributed by atoms with Gasteiger partial charge in [0.2, 0.25) is 0 Å². The van der Waals surface area contributed by atoms with Crippen molar-refractivity contribution in [2.24, 2.45) is 5.92 Å². The standard InChI is InChI=1S/C12H26ClNO/c1-11(2)14(9-10-15-4)8-6-12(3)5-7-13/h11-12H,5-10H2,1-4H3. The summed E-state index contributed by atoms with van der Waals surface area (Å²) in [7, 11) is 1.76. The Kier molecular flexibility index (Phi) is 9.57. The third kappa shape index (κ3) is 8.06. The van der Waals surface area contributed by atoms with Gasteiger partial charge in [-0.25, -0.2) is 0 Å². The van der Waals surface area contributed by atoms with E-state index in [2.05, 4.69) is 25.7 Å². The van der Waals surface area contributed by atoms with Crippen LogP contribution in [0, 0.1) is 5.92 Å². The zero-order valence-corrected chi connectivity index (χ0v) is 11.4. The average Bonchev–Trinajstić information content (AvgIpc) is 2.17. The lowest BCUT2D eigenvalue weighted by molar-refractivity contribution is 0.125. The van der Waals surface area contributed by atoms with Crippen molar-refractivity contribution in [1.82, 2.24) is 4.90 Å². The zero-order valence-electron chi connectivity index (χ0n) is 10.6. The van der Waals surface area contributed by atoms with Crippen molar-refractivity contribution in [3.8, 4) is 0 Å². The van der Waals surface area contributed by atoms with Gasteiger partial charge in [0, 0.05) is 25.6 Å². The van der Waals surface area contributed by atoms with Gasteiger partial charge in [0.25, 0.3) is 0 Å². The highest BCUT2D eigenvalue weighted by molar-refractivity contribution is 6.17. The summed E-state index contributed by atoms with van der Waals surface area (Å²) in [6.45, 7) is 9.75. The van der Waals surface area contributed by atoms with Crippen LogP contribution in [0.2, 0.25) is 0 Å². The molecule has 0 fully saturated rings. The molecule has 0 spiro atoms. The van der Waals surface area contributed by atoms with Crippen molar-refractivity contribution in [2.45, 2.75) is 39.7 Å². The van der Waals surface area contributed by atoms with Gasteiger partial charge in [0.15, 0.2) is 0 Å². The predicted octanol–water partition coefficient (Wildman–Crippen LogP) is 3.00. The molecule has 0 rings (SSSR count). The average molecular weight is 236 g/mol. The Morgan fingerprint density at radius 1 is 1.13 bits per heavy atom. The van der Waals surface area contributed by atoms with Gasteiger partial charge < -0.3 is 4.74 Å². The maximum absolute atomic E-state index is 5.72. The number of alkyl halides is 1. The molecule has 2 nitrogen and oxygen atoms in total. The van der Waals surface area contributed by atoms with Gasteiger partial charge in [-0.1, -0.05) is 6.92 Å². The van der Waals surface area contributed by atoms with E-state index >= 15 is 0 Å². The largest absolute Gasteiger partial charge is 0.383 e. The molecule has 0 heterocycles. The van der Waals surface area contributed by atoms with Gasteiger partial charge in [0.1, 0.15) is 0 Å². The Bertz CT molecular complexity index is 142. The van der Waals surface area contributed by atoms with Gasteiger partial charge in [-0.15, -0.1) is 11.6 Å². The van der Waals surface area contributed by atoms with Crippen LogP contribution in [0.4, 0.5) is 0 Å². The topological polar surface area (TPSA) is 12.5 Å². The smallest absolute Gasteiger partial charge is 0.0589 e. The molecule has 0 saturated carbocycles. The molecule has 0 N–H and O–H groups in total. The Labute approximate surface area is 99.9 Å². The first-order chi connectivity index (χ1) is 7.11. The molecular weight excluding hydrogens is 210 g/mol. The van der Waals surface area contributed by atoms with E-state index in [9.17, 15) is 0 Å². The van der Waals surface area contributed by atoms with Gasteiger partial charge in [0.05, 0.1) is 6.61 Å². The molecule has 0 aromatic rings. The lowest BCUT2D eigenvalue weighted by Crippen LogP contribution is -2.35. The number of ether oxygens (including phenoxy) is 1. The van der Waals surface area contributed by atoms with E-state index in [1.54, 1.807) is 7.11 Å². The number of rotatable bonds is 9. The van der Waals surface area contributed by atoms with E-state index in [-0.39, 0.29) is 0 Å². The second-order valence-electron chi connectivity index (χ2n) is 4.49. The molecule has 15 heavy (non-hydrogen) atoms. The normalized spacial score (nSPS) is 13.8. The fourth-order valence-corrected chi connectivity index (χ4v) is 1.93. The summed E-state index contributed by atoms with van der Waals surface area (Å²) in [5, 5.41) is 0. The monoisotopic (exact) mass is 235 g/mol. The van der Waals surface area contributed by atoms with Crippen LogP contribution in [0.3, 0.4) is 0 Å². The molecule has 92 valence electrons. The first-order valence-electron chi connectivity index (χ1n) is 5.90. The Balaban J connectivity index is 3.74. The van der Waals surface area contributed by atoms with Crippen LogP contribution >= 0.6 is 11.6 Å². The number of hydrogen-bond acceptors (Lipinski definition) is 2. The van der Waals surface area contributed by atoms with E-state index in [1.165, 1.54) is 6.42 Å². The first-order valence-corrected chi connectivity index (χ1v) is 6.44. The van der Waals surface area contributed by atoms with Gasteiger partial charge >= 0.3 is 0 Å². The van der Waals surface area contributed by atoms with Gasteiger partial charge in [-0.3, -0.25) is 4.90 Å². The van der Waals surface area contributed by atoms with Crippen molar-refractivity contribution in [1.29, 1.82) is 0 Å². The minimum absolute atomic E-state index is 0.600. The maximum Gasteiger partial charge on any atom is 0.0589 e. The van der Waals surface area contributed by atoms with Gasteiger partial charge in [-0.05, 0) is 39.2 Å². The number of halogens is 1. The highest BCUT2D eigenvalue weighted by atomic mass is 35.5. The summed E-state index contributed by atoms with van der Waals surface area (Å²) in [5.41, 5.74) is 0. The van der Waals surface area contributed by atoms with Crippen LogP contribution in [-0.2, 0) is 4.74 Å². The Morgan fingerprint density at radius 2 is 1.80 bits per heavy atom. The quantitative estimate of drug-likeness (QED) is 0.570. The van der Waals surface area contributed by atoms with Crippen LogP contribution in [0.25, 0.3) is 0 Å². The van der Waals surface area contributed by atoms with E-state index in [4.69, 9.17) is 16.3 Å². The fraction of sp³-hybridized carbons (Fsp3) is 1.00. The van der Waals surface area contributed by atoms with E-state index in [0.29, 0.717) is 6.04 Å². The van der Waals surface area contributed by atoms with Gasteiger partial charge in [-0.2, -0.15) is 0 Å². The highest BCUT2D eigenvalue weighted by Gasteiger charge is 2.10. The maximum atomic E-state index is 5.72. The molecule has 0 aliphatic rings. The zero-order chi connectivity index (χ0) is 11.7. The van der Waals surface area contributed by atoms with E-state index in [0.717, 1.165) is 37.9 Å². The third-order valence-corrected chi connectivity index (χ3v) is 3.04. The summed E-state index contributed by atoms with van der Waals surface area (Å²) in [6, 6.07) is 0.600. The molecule has 0 aliphatic heterocycles. The lowest BCUT2D eigenvalue weighted by atomic mass is 10.0. The van der Waals surface area contributed by atoms with Crippen molar-refractivity contribution >= 4 is 11.6 Å². The van der Waals surface area contributed by atoms with Crippen LogP contribution in [0.1, 0.15) is 33.6 Å². The molecule has 3 heteroatoms. The first kappa shape index (κ1) is 15.2. The summed E-state index contributed by atoms with van der Waals surface area (Å²) < 4.78 is 5.11. The Hall–Kier alpha value is 0.210. The molecule has 0 amide bonds. The van der Waals surface area contributed by atoms with Crippen molar-refractivity contribution in [2.75, 3.05) is 32.7 Å². The molecule has 1 unspecified atom stereocenters. The number of nitrogens with zero attached hydrogens (tertiary/aromatic N) is 1. The molecule has 0 bridgehead atoms. The van der Waals surface area contributed by atoms with E-state index < -0.39 is 0 Å². The second-order valence-corrected chi connectivity index (χ2v) is 4.87. The van der Waals surface area contributed by atoms with Crippen LogP contribution in [0.15, 0.2) is 0 Å². The minimum atomic E-state index is 0.600. The summed E-state index contributed by atoms with van der Waals surface area (Å²) in [5.74, 6) is 1.51. The second kappa shape index (κ2) is 9.44. The highest BCUT2D eigenvalue weighted by Crippen LogP contribution is 2.10. The van der Waals surface area contributed by atoms with Crippen molar-refractivity contribution in [3.05, 3.63) is 0 Å². The van der Waals surface area contributed by atoms with Crippen LogP contribution < -0.4 is 0 Å². The molecule has 1 atom stereocenters. The summed E-state index contributed by atoms with van der Waals surface area (Å²) in [4.78, 5) is 2.47. The number of hydrogen-bond donors (Lipinski definition) is 0. The van der Waals surface area contributed by atoms with Crippen molar-refractivity contribution in [3.63, 3.8) is 0 Å². The molecule has 0 saturated heterocycles. The predicted molar refractivity (Wildman–Crippen MR) is 67.7 cm³/mol. The third-order valence-electron chi connectivity index (χ3n) is 2.82.